The van der Waals surface area contributed by atoms with Crippen LogP contribution < -0.4 is 14.8 Å². The average Bonchev–Trinajstić information content (AvgIpc) is 2.96. The van der Waals surface area contributed by atoms with E-state index in [1.165, 1.54) is 59.3 Å². The molecule has 0 aliphatic carbocycles. The van der Waals surface area contributed by atoms with Crippen molar-refractivity contribution in [2.24, 2.45) is 5.92 Å². The summed E-state index contributed by atoms with van der Waals surface area (Å²) in [5.41, 5.74) is 0.417. The lowest BCUT2D eigenvalue weighted by atomic mass is 9.99. The molecule has 10 nitrogen and oxygen atoms in total. The number of aliphatic hydroxyl groups excluding tert-OH is 1. The van der Waals surface area contributed by atoms with Gasteiger partial charge in [-0.3, -0.25) is 9.52 Å². The largest absolute Gasteiger partial charge is 0.485 e. The Balaban J connectivity index is 1.68. The van der Waals surface area contributed by atoms with E-state index < -0.39 is 45.7 Å². The third-order valence-corrected chi connectivity index (χ3v) is 8.34. The van der Waals surface area contributed by atoms with Gasteiger partial charge in [0, 0.05) is 25.2 Å². The Hall–Kier alpha value is -4.23. The number of hydrogen-bond acceptors (Lipinski definition) is 6. The summed E-state index contributed by atoms with van der Waals surface area (Å²) in [6.07, 6.45) is -0.731. The van der Waals surface area contributed by atoms with Crippen LogP contribution >= 0.6 is 0 Å². The first kappa shape index (κ1) is 30.7. The fourth-order valence-electron chi connectivity index (χ4n) is 4.46. The molecule has 0 bridgehead atoms. The number of amides is 3. The Labute approximate surface area is 242 Å². The van der Waals surface area contributed by atoms with Crippen LogP contribution in [-0.4, -0.2) is 74.2 Å². The molecule has 0 spiro atoms. The number of carbonyl (C=O) groups is 2. The summed E-state index contributed by atoms with van der Waals surface area (Å²) >= 11 is 0. The number of hydrogen-bond donors (Lipinski definition) is 3. The number of fused-ring (bicyclic) bond motifs is 1. The maximum Gasteiger partial charge on any atom is 0.321 e. The van der Waals surface area contributed by atoms with Gasteiger partial charge in [0.2, 0.25) is 0 Å². The highest BCUT2D eigenvalue weighted by atomic mass is 32.2. The highest BCUT2D eigenvalue weighted by Crippen LogP contribution is 2.36. The van der Waals surface area contributed by atoms with Crippen molar-refractivity contribution in [3.8, 4) is 5.75 Å². The summed E-state index contributed by atoms with van der Waals surface area (Å²) in [5, 5.41) is 12.5. The highest BCUT2D eigenvalue weighted by Gasteiger charge is 2.35. The molecule has 0 unspecified atom stereocenters. The molecular weight excluding hydrogens is 570 g/mol. The number of benzene rings is 3. The number of halogens is 2. The molecule has 3 atom stereocenters. The first-order chi connectivity index (χ1) is 19.9. The SMILES string of the molecule is C[C@H](CO)N1C[C@H](C)[C@H](CN(C)C(=O)Nc2ccc(F)cc2)Oc2c(NS(=O)(=O)c3ccc(F)cc3)cccc2C1=O. The minimum atomic E-state index is -4.20. The molecule has 1 heterocycles. The van der Waals surface area contributed by atoms with E-state index in [1.807, 2.05) is 6.92 Å². The number of nitrogens with one attached hydrogen (secondary N) is 2. The van der Waals surface area contributed by atoms with Crippen molar-refractivity contribution in [3.63, 3.8) is 0 Å². The predicted molar refractivity (Wildman–Crippen MR) is 153 cm³/mol. The van der Waals surface area contributed by atoms with Crippen LogP contribution in [0.1, 0.15) is 24.2 Å². The number of para-hydroxylation sites is 1. The number of anilines is 2. The molecule has 3 aromatic rings. The van der Waals surface area contributed by atoms with E-state index in [4.69, 9.17) is 4.74 Å². The van der Waals surface area contributed by atoms with E-state index in [0.717, 1.165) is 24.3 Å². The molecule has 1 aliphatic heterocycles. The molecule has 0 radical (unpaired) electrons. The van der Waals surface area contributed by atoms with Gasteiger partial charge in [0.1, 0.15) is 17.7 Å². The van der Waals surface area contributed by atoms with Crippen LogP contribution in [0.25, 0.3) is 0 Å². The van der Waals surface area contributed by atoms with Gasteiger partial charge in [0.25, 0.3) is 15.9 Å². The molecule has 3 N–H and O–H groups in total. The van der Waals surface area contributed by atoms with Gasteiger partial charge < -0.3 is 25.0 Å². The van der Waals surface area contributed by atoms with E-state index in [1.54, 1.807) is 6.92 Å². The molecule has 3 amide bonds. The lowest BCUT2D eigenvalue weighted by molar-refractivity contribution is 0.0373. The maximum absolute atomic E-state index is 13.6. The van der Waals surface area contributed by atoms with Crippen LogP contribution in [0.4, 0.5) is 25.0 Å². The second kappa shape index (κ2) is 12.7. The third-order valence-electron chi connectivity index (χ3n) is 6.96. The molecule has 13 heteroatoms. The summed E-state index contributed by atoms with van der Waals surface area (Å²) in [4.78, 5) is 29.2. The Morgan fingerprint density at radius 1 is 1.10 bits per heavy atom. The van der Waals surface area contributed by atoms with Crippen molar-refractivity contribution in [1.82, 2.24) is 9.80 Å². The topological polar surface area (TPSA) is 128 Å². The third kappa shape index (κ3) is 6.97. The zero-order valence-electron chi connectivity index (χ0n) is 23.3. The Morgan fingerprint density at radius 2 is 1.71 bits per heavy atom. The van der Waals surface area contributed by atoms with Gasteiger partial charge in [-0.15, -0.1) is 0 Å². The zero-order chi connectivity index (χ0) is 30.6. The quantitative estimate of drug-likeness (QED) is 0.356. The number of rotatable bonds is 8. The number of carbonyl (C=O) groups excluding carboxylic acids is 2. The lowest BCUT2D eigenvalue weighted by Gasteiger charge is -2.38. The normalized spacial score (nSPS) is 17.8. The van der Waals surface area contributed by atoms with Crippen LogP contribution in [0.15, 0.2) is 71.6 Å². The van der Waals surface area contributed by atoms with Crippen molar-refractivity contribution in [2.45, 2.75) is 30.9 Å². The molecule has 224 valence electrons. The van der Waals surface area contributed by atoms with Gasteiger partial charge in [-0.2, -0.15) is 0 Å². The molecule has 0 saturated heterocycles. The van der Waals surface area contributed by atoms with Crippen LogP contribution in [0.3, 0.4) is 0 Å². The average molecular weight is 603 g/mol. The van der Waals surface area contributed by atoms with E-state index in [-0.39, 0.29) is 47.5 Å². The number of nitrogens with zero attached hydrogens (tertiary/aromatic N) is 2. The maximum atomic E-state index is 13.6. The molecule has 4 rings (SSSR count). The monoisotopic (exact) mass is 602 g/mol. The van der Waals surface area contributed by atoms with Crippen LogP contribution in [0, 0.1) is 17.6 Å². The Morgan fingerprint density at radius 3 is 2.33 bits per heavy atom. The first-order valence-electron chi connectivity index (χ1n) is 13.2. The smallest absolute Gasteiger partial charge is 0.321 e. The molecule has 0 fully saturated rings. The summed E-state index contributed by atoms with van der Waals surface area (Å²) in [5.74, 6) is -1.94. The van der Waals surface area contributed by atoms with Gasteiger partial charge >= 0.3 is 6.03 Å². The van der Waals surface area contributed by atoms with Gasteiger partial charge in [0.15, 0.2) is 5.75 Å². The van der Waals surface area contributed by atoms with Crippen molar-refractivity contribution >= 4 is 33.3 Å². The summed E-state index contributed by atoms with van der Waals surface area (Å²) in [6, 6.07) is 12.9. The molecule has 42 heavy (non-hydrogen) atoms. The fourth-order valence-corrected chi connectivity index (χ4v) is 5.53. The van der Waals surface area contributed by atoms with Crippen LogP contribution in [-0.2, 0) is 10.0 Å². The van der Waals surface area contributed by atoms with Crippen LogP contribution in [0.5, 0.6) is 5.75 Å². The van der Waals surface area contributed by atoms with Crippen molar-refractivity contribution in [3.05, 3.63) is 83.9 Å². The van der Waals surface area contributed by atoms with Crippen molar-refractivity contribution in [1.29, 1.82) is 0 Å². The number of sulfonamides is 1. The van der Waals surface area contributed by atoms with Crippen molar-refractivity contribution in [2.75, 3.05) is 36.8 Å². The van der Waals surface area contributed by atoms with Crippen LogP contribution in [0.2, 0.25) is 0 Å². The fraction of sp³-hybridized carbons (Fsp3) is 0.310. The number of urea groups is 1. The minimum absolute atomic E-state index is 0.0284. The second-order valence-corrected chi connectivity index (χ2v) is 11.9. The Bertz CT molecular complexity index is 1540. The molecule has 1 aliphatic rings. The second-order valence-electron chi connectivity index (χ2n) is 10.2. The van der Waals surface area contributed by atoms with E-state index in [9.17, 15) is 31.9 Å². The van der Waals surface area contributed by atoms with Gasteiger partial charge in [-0.05, 0) is 67.6 Å². The standard InChI is InChI=1S/C29H32F2N4O6S/c1-18-15-35(19(2)17-36)28(37)24-5-4-6-25(33-42(39,40)23-13-9-21(31)10-14-23)27(24)41-26(18)16-34(3)29(38)32-22-11-7-20(30)8-12-22/h4-14,18-19,26,33,36H,15-17H2,1-3H3,(H,32,38)/t18-,19+,26-/m0/s1. The minimum Gasteiger partial charge on any atom is -0.485 e. The summed E-state index contributed by atoms with van der Waals surface area (Å²) in [6.45, 7) is 3.41. The molecular formula is C29H32F2N4O6S. The molecule has 3 aromatic carbocycles. The predicted octanol–water partition coefficient (Wildman–Crippen LogP) is 4.15. The highest BCUT2D eigenvalue weighted by molar-refractivity contribution is 7.92. The zero-order valence-corrected chi connectivity index (χ0v) is 24.1. The molecule has 0 saturated carbocycles. The van der Waals surface area contributed by atoms with Gasteiger partial charge in [-0.25, -0.2) is 22.0 Å². The number of ether oxygens (including phenoxy) is 1. The van der Waals surface area contributed by atoms with Crippen molar-refractivity contribution < 1.29 is 36.6 Å². The van der Waals surface area contributed by atoms with E-state index >= 15 is 0 Å². The Kier molecular flexibility index (Phi) is 9.32. The van der Waals surface area contributed by atoms with E-state index in [0.29, 0.717) is 5.69 Å². The number of aliphatic hydroxyl groups is 1. The van der Waals surface area contributed by atoms with E-state index in [2.05, 4.69) is 10.0 Å². The van der Waals surface area contributed by atoms with Gasteiger partial charge in [-0.1, -0.05) is 13.0 Å². The van der Waals surface area contributed by atoms with Gasteiger partial charge in [0.05, 0.1) is 35.3 Å². The summed E-state index contributed by atoms with van der Waals surface area (Å²) < 4.78 is 61.8. The molecule has 0 aromatic heterocycles. The summed E-state index contributed by atoms with van der Waals surface area (Å²) in [7, 11) is -2.67. The lowest BCUT2D eigenvalue weighted by Crippen LogP contribution is -2.50. The number of likely N-dealkylation sites (N-methyl/N-ethyl adjacent to an activating group) is 1. The first-order valence-corrected chi connectivity index (χ1v) is 14.7.